The van der Waals surface area contributed by atoms with Gasteiger partial charge in [-0.25, -0.2) is 0 Å². The zero-order valence-corrected chi connectivity index (χ0v) is 9.64. The third-order valence-electron chi connectivity index (χ3n) is 3.33. The van der Waals surface area contributed by atoms with Gasteiger partial charge in [0, 0.05) is 17.3 Å². The highest BCUT2D eigenvalue weighted by Gasteiger charge is 2.45. The third kappa shape index (κ3) is 2.05. The van der Waals surface area contributed by atoms with Gasteiger partial charge in [0.1, 0.15) is 11.6 Å². The number of Topliss-reactive ketones (excluding diaryl/α,β-unsaturated/α-hetero) is 2. The van der Waals surface area contributed by atoms with Gasteiger partial charge in [-0.15, -0.1) is 0 Å². The largest absolute Gasteiger partial charge is 0.300 e. The molecule has 1 atom stereocenters. The van der Waals surface area contributed by atoms with Crippen molar-refractivity contribution in [3.63, 3.8) is 0 Å². The zero-order valence-electron chi connectivity index (χ0n) is 9.64. The van der Waals surface area contributed by atoms with E-state index in [9.17, 15) is 9.59 Å². The summed E-state index contributed by atoms with van der Waals surface area (Å²) in [6, 6.07) is 0. The van der Waals surface area contributed by atoms with Crippen LogP contribution in [-0.2, 0) is 9.59 Å². The predicted octanol–water partition coefficient (Wildman–Crippen LogP) is 2.75. The van der Waals surface area contributed by atoms with E-state index < -0.39 is 5.41 Å². The molecule has 0 aromatic carbocycles. The first-order valence-corrected chi connectivity index (χ1v) is 5.32. The minimum absolute atomic E-state index is 0.124. The lowest BCUT2D eigenvalue weighted by Gasteiger charge is -2.40. The molecule has 2 heteroatoms. The van der Waals surface area contributed by atoms with E-state index in [2.05, 4.69) is 0 Å². The molecule has 1 fully saturated rings. The van der Waals surface area contributed by atoms with Crippen molar-refractivity contribution < 1.29 is 9.59 Å². The fourth-order valence-electron chi connectivity index (χ4n) is 2.68. The van der Waals surface area contributed by atoms with Gasteiger partial charge in [0.15, 0.2) is 0 Å². The van der Waals surface area contributed by atoms with Crippen LogP contribution in [0.2, 0.25) is 0 Å². The van der Waals surface area contributed by atoms with Crippen molar-refractivity contribution in [1.82, 2.24) is 0 Å². The summed E-state index contributed by atoms with van der Waals surface area (Å²) in [7, 11) is 0. The highest BCUT2D eigenvalue weighted by Crippen LogP contribution is 2.44. The minimum Gasteiger partial charge on any atom is -0.300 e. The number of hydrogen-bond acceptors (Lipinski definition) is 2. The molecule has 0 spiro atoms. The van der Waals surface area contributed by atoms with Crippen LogP contribution in [0.5, 0.6) is 0 Å². The summed E-state index contributed by atoms with van der Waals surface area (Å²) < 4.78 is 0. The van der Waals surface area contributed by atoms with Gasteiger partial charge >= 0.3 is 0 Å². The smallest absolute Gasteiger partial charge is 0.144 e. The summed E-state index contributed by atoms with van der Waals surface area (Å²) in [4.78, 5) is 23.3. The topological polar surface area (TPSA) is 34.1 Å². The second-order valence-corrected chi connectivity index (χ2v) is 5.51. The lowest BCUT2D eigenvalue weighted by molar-refractivity contribution is -0.143. The van der Waals surface area contributed by atoms with E-state index in [1.807, 2.05) is 20.8 Å². The van der Waals surface area contributed by atoms with E-state index >= 15 is 0 Å². The molecule has 14 heavy (non-hydrogen) atoms. The van der Waals surface area contributed by atoms with Gasteiger partial charge in [0.2, 0.25) is 0 Å². The average molecular weight is 196 g/mol. The highest BCUT2D eigenvalue weighted by atomic mass is 16.1. The molecular weight excluding hydrogens is 176 g/mol. The minimum atomic E-state index is -0.395. The normalized spacial score (nSPS) is 31.6. The molecular formula is C12H20O2. The van der Waals surface area contributed by atoms with Crippen LogP contribution in [0.3, 0.4) is 0 Å². The third-order valence-corrected chi connectivity index (χ3v) is 3.33. The Kier molecular flexibility index (Phi) is 2.84. The average Bonchev–Trinajstić information content (AvgIpc) is 1.98. The Bertz CT molecular complexity index is 265. The molecule has 0 saturated heterocycles. The van der Waals surface area contributed by atoms with Gasteiger partial charge in [-0.05, 0) is 19.8 Å². The Morgan fingerprint density at radius 3 is 2.36 bits per heavy atom. The predicted molar refractivity (Wildman–Crippen MR) is 56.0 cm³/mol. The summed E-state index contributed by atoms with van der Waals surface area (Å²) in [5.41, 5.74) is -0.629. The van der Waals surface area contributed by atoms with Crippen LogP contribution in [-0.4, -0.2) is 11.6 Å². The molecule has 0 aromatic rings. The number of carbonyl (C=O) groups excluding carboxylic acids is 2. The summed E-state index contributed by atoms with van der Waals surface area (Å²) in [6.45, 7) is 7.50. The Hall–Kier alpha value is -0.660. The van der Waals surface area contributed by atoms with Crippen LogP contribution < -0.4 is 0 Å². The summed E-state index contributed by atoms with van der Waals surface area (Å²) in [5, 5.41) is 0. The first-order chi connectivity index (χ1) is 6.28. The lowest BCUT2D eigenvalue weighted by Crippen LogP contribution is -2.43. The molecule has 0 radical (unpaired) electrons. The number of hydrogen-bond donors (Lipinski definition) is 0. The van der Waals surface area contributed by atoms with Crippen LogP contribution in [0.1, 0.15) is 53.4 Å². The maximum absolute atomic E-state index is 12.2. The molecule has 1 aliphatic rings. The molecule has 1 unspecified atom stereocenters. The van der Waals surface area contributed by atoms with E-state index in [0.29, 0.717) is 6.42 Å². The fraction of sp³-hybridized carbons (Fsp3) is 0.833. The molecule has 0 N–H and O–H groups in total. The van der Waals surface area contributed by atoms with Gasteiger partial charge in [-0.2, -0.15) is 0 Å². The van der Waals surface area contributed by atoms with E-state index in [0.717, 1.165) is 19.3 Å². The van der Waals surface area contributed by atoms with E-state index in [4.69, 9.17) is 0 Å². The van der Waals surface area contributed by atoms with Crippen molar-refractivity contribution in [1.29, 1.82) is 0 Å². The maximum Gasteiger partial charge on any atom is 0.144 e. The second-order valence-electron chi connectivity index (χ2n) is 5.51. The van der Waals surface area contributed by atoms with Crippen LogP contribution in [0.4, 0.5) is 0 Å². The molecule has 1 aliphatic carbocycles. The Morgan fingerprint density at radius 1 is 1.29 bits per heavy atom. The lowest BCUT2D eigenvalue weighted by atomic mass is 9.62. The van der Waals surface area contributed by atoms with Crippen LogP contribution in [0.15, 0.2) is 0 Å². The standard InChI is InChI=1S/C12H20O2/c1-9(13)8-12(4)7-5-6-11(2,3)10(12)14/h5-8H2,1-4H3. The highest BCUT2D eigenvalue weighted by molar-refractivity contribution is 5.93. The second kappa shape index (κ2) is 3.48. The van der Waals surface area contributed by atoms with Crippen molar-refractivity contribution in [2.75, 3.05) is 0 Å². The summed E-state index contributed by atoms with van der Waals surface area (Å²) >= 11 is 0. The first kappa shape index (κ1) is 11.4. The van der Waals surface area contributed by atoms with Crippen molar-refractivity contribution in [2.24, 2.45) is 10.8 Å². The van der Waals surface area contributed by atoms with Gasteiger partial charge in [0.05, 0.1) is 0 Å². The Labute approximate surface area is 86.1 Å². The van der Waals surface area contributed by atoms with E-state index in [1.54, 1.807) is 6.92 Å². The number of carbonyl (C=O) groups is 2. The van der Waals surface area contributed by atoms with E-state index in [-0.39, 0.29) is 17.0 Å². The molecule has 0 aliphatic heterocycles. The van der Waals surface area contributed by atoms with Crippen molar-refractivity contribution in [2.45, 2.75) is 53.4 Å². The van der Waals surface area contributed by atoms with Gasteiger partial charge in [-0.3, -0.25) is 9.59 Å². The monoisotopic (exact) mass is 196 g/mol. The number of ketones is 2. The van der Waals surface area contributed by atoms with Crippen molar-refractivity contribution >= 4 is 11.6 Å². The van der Waals surface area contributed by atoms with Crippen LogP contribution in [0.25, 0.3) is 0 Å². The van der Waals surface area contributed by atoms with Crippen molar-refractivity contribution in [3.8, 4) is 0 Å². The molecule has 0 heterocycles. The molecule has 80 valence electrons. The summed E-state index contributed by atoms with van der Waals surface area (Å²) in [5.74, 6) is 0.394. The molecule has 1 saturated carbocycles. The Balaban J connectivity index is 2.88. The zero-order chi connectivity index (χ0) is 11.0. The maximum atomic E-state index is 12.2. The molecule has 0 bridgehead atoms. The summed E-state index contributed by atoms with van der Waals surface area (Å²) in [6.07, 6.45) is 3.30. The quantitative estimate of drug-likeness (QED) is 0.680. The van der Waals surface area contributed by atoms with Gasteiger partial charge in [0.25, 0.3) is 0 Å². The molecule has 0 amide bonds. The SMILES string of the molecule is CC(=O)CC1(C)CCCC(C)(C)C1=O. The first-order valence-electron chi connectivity index (χ1n) is 5.32. The van der Waals surface area contributed by atoms with Gasteiger partial charge in [-0.1, -0.05) is 27.2 Å². The van der Waals surface area contributed by atoms with Crippen LogP contribution in [0, 0.1) is 10.8 Å². The fourth-order valence-corrected chi connectivity index (χ4v) is 2.68. The van der Waals surface area contributed by atoms with Gasteiger partial charge < -0.3 is 0 Å². The molecule has 1 rings (SSSR count). The van der Waals surface area contributed by atoms with Crippen LogP contribution >= 0.6 is 0 Å². The van der Waals surface area contributed by atoms with Crippen molar-refractivity contribution in [3.05, 3.63) is 0 Å². The molecule has 2 nitrogen and oxygen atoms in total. The Morgan fingerprint density at radius 2 is 1.86 bits per heavy atom. The molecule has 0 aromatic heterocycles. The number of rotatable bonds is 2. The van der Waals surface area contributed by atoms with E-state index in [1.165, 1.54) is 0 Å².